The third-order valence-corrected chi connectivity index (χ3v) is 7.35. The second-order valence-corrected chi connectivity index (χ2v) is 11.0. The Morgan fingerprint density at radius 2 is 1.07 bits per heavy atom. The summed E-state index contributed by atoms with van der Waals surface area (Å²) in [6, 6.07) is 2.28. The fourth-order valence-corrected chi connectivity index (χ4v) is 4.70. The molecule has 0 saturated heterocycles. The smallest absolute Gasteiger partial charge is 0.121 e. The largest absolute Gasteiger partial charge is 0.507 e. The van der Waals surface area contributed by atoms with Crippen molar-refractivity contribution in [2.45, 2.75) is 126 Å². The summed E-state index contributed by atoms with van der Waals surface area (Å²) in [5, 5.41) is 10.3. The third kappa shape index (κ3) is 10.4. The van der Waals surface area contributed by atoms with E-state index >= 15 is 0 Å². The molecule has 0 heterocycles. The second-order valence-electron chi connectivity index (χ2n) is 11.0. The maximum atomic E-state index is 10.3. The fourth-order valence-electron chi connectivity index (χ4n) is 4.70. The van der Waals surface area contributed by atoms with Crippen molar-refractivity contribution in [2.75, 3.05) is 0 Å². The van der Waals surface area contributed by atoms with Gasteiger partial charge in [0.1, 0.15) is 5.75 Å². The lowest BCUT2D eigenvalue weighted by atomic mass is 9.89. The number of aryl methyl sites for hydroxylation is 2. The van der Waals surface area contributed by atoms with Gasteiger partial charge < -0.3 is 5.11 Å². The van der Waals surface area contributed by atoms with Crippen LogP contribution < -0.4 is 0 Å². The zero-order chi connectivity index (χ0) is 22.7. The molecule has 1 nitrogen and oxygen atoms in total. The molecule has 1 rings (SSSR count). The van der Waals surface area contributed by atoms with Crippen molar-refractivity contribution in [1.29, 1.82) is 0 Å². The summed E-state index contributed by atoms with van der Waals surface area (Å²) in [6.45, 7) is 18.2. The molecule has 1 aromatic rings. The number of hydrogen-bond acceptors (Lipinski definition) is 1. The molecule has 0 aliphatic carbocycles. The van der Waals surface area contributed by atoms with Gasteiger partial charge in [0.2, 0.25) is 0 Å². The zero-order valence-corrected chi connectivity index (χ0v) is 21.6. The molecule has 0 aliphatic heterocycles. The van der Waals surface area contributed by atoms with E-state index in [4.69, 9.17) is 0 Å². The van der Waals surface area contributed by atoms with Gasteiger partial charge in [0.05, 0.1) is 0 Å². The zero-order valence-electron chi connectivity index (χ0n) is 21.6. The van der Waals surface area contributed by atoms with Gasteiger partial charge in [-0.2, -0.15) is 0 Å². The molecule has 3 atom stereocenters. The van der Waals surface area contributed by atoms with Crippen molar-refractivity contribution in [1.82, 2.24) is 0 Å². The van der Waals surface area contributed by atoms with E-state index in [1.54, 1.807) is 0 Å². The van der Waals surface area contributed by atoms with Crippen LogP contribution >= 0.6 is 0 Å². The Balaban J connectivity index is 2.18. The van der Waals surface area contributed by atoms with Gasteiger partial charge in [-0.1, -0.05) is 98.5 Å². The molecule has 0 amide bonds. The molecule has 0 saturated carbocycles. The van der Waals surface area contributed by atoms with Crippen LogP contribution in [0.2, 0.25) is 0 Å². The topological polar surface area (TPSA) is 20.2 Å². The molecule has 0 bridgehead atoms. The number of phenolic OH excluding ortho intramolecular Hbond substituents is 1. The monoisotopic (exact) mass is 416 g/mol. The van der Waals surface area contributed by atoms with E-state index in [2.05, 4.69) is 54.5 Å². The first-order valence-corrected chi connectivity index (χ1v) is 12.9. The van der Waals surface area contributed by atoms with Crippen molar-refractivity contribution >= 4 is 0 Å². The van der Waals surface area contributed by atoms with Crippen molar-refractivity contribution in [2.24, 2.45) is 23.7 Å². The van der Waals surface area contributed by atoms with Crippen LogP contribution in [0, 0.1) is 44.4 Å². The number of benzene rings is 1. The second kappa shape index (κ2) is 14.2. The summed E-state index contributed by atoms with van der Waals surface area (Å²) in [5.74, 6) is 3.90. The van der Waals surface area contributed by atoms with E-state index < -0.39 is 0 Å². The lowest BCUT2D eigenvalue weighted by molar-refractivity contribution is 0.374. The van der Waals surface area contributed by atoms with E-state index in [9.17, 15) is 5.11 Å². The average Bonchev–Trinajstić information content (AvgIpc) is 2.67. The molecule has 1 aromatic carbocycles. The minimum Gasteiger partial charge on any atom is -0.507 e. The molecule has 1 heteroatoms. The van der Waals surface area contributed by atoms with Gasteiger partial charge in [-0.25, -0.2) is 0 Å². The normalized spacial score (nSPS) is 14.8. The van der Waals surface area contributed by atoms with Crippen molar-refractivity contribution in [3.63, 3.8) is 0 Å². The van der Waals surface area contributed by atoms with Crippen LogP contribution in [0.15, 0.2) is 6.07 Å². The van der Waals surface area contributed by atoms with E-state index in [1.165, 1.54) is 75.3 Å². The van der Waals surface area contributed by atoms with Crippen molar-refractivity contribution in [3.05, 3.63) is 28.3 Å². The highest BCUT2D eigenvalue weighted by atomic mass is 16.3. The molecule has 0 radical (unpaired) electrons. The minimum absolute atomic E-state index is 0.501. The fraction of sp³-hybridized carbons (Fsp3) is 0.793. The lowest BCUT2D eigenvalue weighted by Crippen LogP contribution is -2.03. The molecule has 1 N–H and O–H groups in total. The lowest BCUT2D eigenvalue weighted by Gasteiger charge is -2.17. The van der Waals surface area contributed by atoms with Crippen molar-refractivity contribution in [3.8, 4) is 5.75 Å². The van der Waals surface area contributed by atoms with E-state index in [-0.39, 0.29) is 0 Å². The average molecular weight is 417 g/mol. The quantitative estimate of drug-likeness (QED) is 0.302. The van der Waals surface area contributed by atoms with Gasteiger partial charge in [0.15, 0.2) is 0 Å². The highest BCUT2D eigenvalue weighted by Gasteiger charge is 2.12. The first-order valence-electron chi connectivity index (χ1n) is 12.9. The third-order valence-electron chi connectivity index (χ3n) is 7.35. The summed E-state index contributed by atoms with van der Waals surface area (Å²) >= 11 is 0. The Kier molecular flexibility index (Phi) is 12.8. The summed E-state index contributed by atoms with van der Waals surface area (Å²) in [4.78, 5) is 0. The van der Waals surface area contributed by atoms with Gasteiger partial charge >= 0.3 is 0 Å². The van der Waals surface area contributed by atoms with E-state index in [0.717, 1.165) is 41.2 Å². The number of phenols is 1. The van der Waals surface area contributed by atoms with Crippen LogP contribution in [0.25, 0.3) is 0 Å². The number of rotatable bonds is 15. The summed E-state index contributed by atoms with van der Waals surface area (Å²) in [6.07, 6.45) is 14.9. The summed E-state index contributed by atoms with van der Waals surface area (Å²) in [7, 11) is 0. The maximum Gasteiger partial charge on any atom is 0.121 e. The predicted octanol–water partition coefficient (Wildman–Crippen LogP) is 9.33. The first-order chi connectivity index (χ1) is 14.1. The summed E-state index contributed by atoms with van der Waals surface area (Å²) in [5.41, 5.74) is 4.66. The Morgan fingerprint density at radius 3 is 1.53 bits per heavy atom. The highest BCUT2D eigenvalue weighted by molar-refractivity contribution is 5.48. The molecule has 174 valence electrons. The Morgan fingerprint density at radius 1 is 0.633 bits per heavy atom. The standard InChI is InChI=1S/C29H52O/c1-21(2)12-9-13-22(3)14-10-15-23(4)16-11-17-24(5)18-19-28-20-25(6)26(7)29(30)27(28)8/h20-24,30H,9-19H2,1-8H3/t22-,23-,24+/m1/s1. The molecular weight excluding hydrogens is 364 g/mol. The van der Waals surface area contributed by atoms with Crippen LogP contribution in [-0.4, -0.2) is 5.11 Å². The first kappa shape index (κ1) is 27.1. The Hall–Kier alpha value is -0.980. The minimum atomic E-state index is 0.501. The number of hydrogen-bond donors (Lipinski definition) is 1. The Labute approximate surface area is 189 Å². The van der Waals surface area contributed by atoms with E-state index in [1.807, 2.05) is 6.92 Å². The van der Waals surface area contributed by atoms with Crippen molar-refractivity contribution < 1.29 is 5.11 Å². The van der Waals surface area contributed by atoms with Crippen LogP contribution in [0.1, 0.15) is 121 Å². The number of aromatic hydroxyl groups is 1. The maximum absolute atomic E-state index is 10.3. The van der Waals surface area contributed by atoms with Crippen LogP contribution in [0.3, 0.4) is 0 Å². The Bertz CT molecular complexity index is 601. The van der Waals surface area contributed by atoms with Crippen LogP contribution in [0.5, 0.6) is 5.75 Å². The van der Waals surface area contributed by atoms with Gasteiger partial charge in [0, 0.05) is 0 Å². The molecule has 30 heavy (non-hydrogen) atoms. The van der Waals surface area contributed by atoms with Crippen LogP contribution in [0.4, 0.5) is 0 Å². The SMILES string of the molecule is Cc1cc(CC[C@@H](C)CCC[C@H](C)CCC[C@H](C)CCCC(C)C)c(C)c(O)c1C. The van der Waals surface area contributed by atoms with Gasteiger partial charge in [-0.3, -0.25) is 0 Å². The van der Waals surface area contributed by atoms with Gasteiger partial charge in [0.25, 0.3) is 0 Å². The molecule has 0 spiro atoms. The molecular formula is C29H52O. The van der Waals surface area contributed by atoms with Gasteiger partial charge in [-0.15, -0.1) is 0 Å². The summed E-state index contributed by atoms with van der Waals surface area (Å²) < 4.78 is 0. The molecule has 0 unspecified atom stereocenters. The van der Waals surface area contributed by atoms with Gasteiger partial charge in [-0.05, 0) is 79.5 Å². The molecule has 0 aliphatic rings. The van der Waals surface area contributed by atoms with E-state index in [0.29, 0.717) is 5.75 Å². The highest BCUT2D eigenvalue weighted by Crippen LogP contribution is 2.30. The molecule has 0 fully saturated rings. The van der Waals surface area contributed by atoms with Crippen LogP contribution in [-0.2, 0) is 6.42 Å². The molecule has 0 aromatic heterocycles. The predicted molar refractivity (Wildman–Crippen MR) is 135 cm³/mol.